The van der Waals surface area contributed by atoms with Gasteiger partial charge in [-0.2, -0.15) is 0 Å². The molecule has 5 nitrogen and oxygen atoms in total. The lowest BCUT2D eigenvalue weighted by Crippen LogP contribution is -2.24. The molecular weight excluding hydrogens is 312 g/mol. The second-order valence-corrected chi connectivity index (χ2v) is 8.06. The van der Waals surface area contributed by atoms with Crippen LogP contribution in [0, 0.1) is 0 Å². The molecule has 23 heavy (non-hydrogen) atoms. The Morgan fingerprint density at radius 1 is 1.22 bits per heavy atom. The van der Waals surface area contributed by atoms with Gasteiger partial charge in [0, 0.05) is 24.5 Å². The third-order valence-corrected chi connectivity index (χ3v) is 4.88. The number of methoxy groups -OCH3 is 1. The van der Waals surface area contributed by atoms with Crippen molar-refractivity contribution in [2.45, 2.75) is 37.6 Å². The molecule has 0 saturated heterocycles. The average Bonchev–Trinajstić information content (AvgIpc) is 2.52. The Morgan fingerprint density at radius 3 is 2.52 bits per heavy atom. The van der Waals surface area contributed by atoms with Crippen LogP contribution in [-0.2, 0) is 22.0 Å². The lowest BCUT2D eigenvalue weighted by Gasteiger charge is -2.23. The summed E-state index contributed by atoms with van der Waals surface area (Å²) in [6.07, 6.45) is 3.29. The Labute approximate surface area is 137 Å². The zero-order valence-corrected chi connectivity index (χ0v) is 14.6. The standard InChI is InChI=1S/C17H22N2O3S/c1-17(2,3)15-10-14(7-8-16(15)22-4)23(20,21)19-12-13-6-5-9-18-11-13/h5-11,19H,12H2,1-4H3. The minimum Gasteiger partial charge on any atom is -0.496 e. The maximum atomic E-state index is 12.5. The Kier molecular flexibility index (Phi) is 5.06. The van der Waals surface area contributed by atoms with E-state index in [9.17, 15) is 8.42 Å². The molecule has 0 aliphatic heterocycles. The second-order valence-electron chi connectivity index (χ2n) is 6.30. The zero-order chi connectivity index (χ0) is 17.1. The van der Waals surface area contributed by atoms with Gasteiger partial charge in [-0.3, -0.25) is 4.98 Å². The Morgan fingerprint density at radius 2 is 1.96 bits per heavy atom. The lowest BCUT2D eigenvalue weighted by atomic mass is 9.86. The van der Waals surface area contributed by atoms with E-state index < -0.39 is 10.0 Å². The second kappa shape index (κ2) is 6.68. The molecule has 124 valence electrons. The molecule has 1 N–H and O–H groups in total. The largest absolute Gasteiger partial charge is 0.496 e. The molecule has 1 aromatic carbocycles. The molecule has 6 heteroatoms. The van der Waals surface area contributed by atoms with Crippen LogP contribution in [0.3, 0.4) is 0 Å². The molecular formula is C17H22N2O3S. The molecule has 0 radical (unpaired) electrons. The molecule has 1 aromatic heterocycles. The zero-order valence-electron chi connectivity index (χ0n) is 13.8. The Bertz CT molecular complexity index is 766. The van der Waals surface area contributed by atoms with E-state index in [2.05, 4.69) is 9.71 Å². The molecule has 2 aromatic rings. The van der Waals surface area contributed by atoms with Crippen molar-refractivity contribution < 1.29 is 13.2 Å². The normalized spacial score (nSPS) is 12.2. The van der Waals surface area contributed by atoms with Crippen LogP contribution in [0.15, 0.2) is 47.6 Å². The third-order valence-electron chi connectivity index (χ3n) is 3.48. The van der Waals surface area contributed by atoms with Gasteiger partial charge >= 0.3 is 0 Å². The Balaban J connectivity index is 2.29. The van der Waals surface area contributed by atoms with Gasteiger partial charge in [0.15, 0.2) is 0 Å². The number of sulfonamides is 1. The number of hydrogen-bond donors (Lipinski definition) is 1. The van der Waals surface area contributed by atoms with E-state index in [0.29, 0.717) is 5.75 Å². The Hall–Kier alpha value is -1.92. The van der Waals surface area contributed by atoms with Crippen molar-refractivity contribution in [2.75, 3.05) is 7.11 Å². The first kappa shape index (κ1) is 17.4. The molecule has 0 unspecified atom stereocenters. The minimum atomic E-state index is -3.60. The molecule has 0 amide bonds. The van der Waals surface area contributed by atoms with Crippen LogP contribution < -0.4 is 9.46 Å². The van der Waals surface area contributed by atoms with Crippen LogP contribution in [0.4, 0.5) is 0 Å². The summed E-state index contributed by atoms with van der Waals surface area (Å²) in [5.41, 5.74) is 1.44. The van der Waals surface area contributed by atoms with Crippen LogP contribution in [-0.4, -0.2) is 20.5 Å². The highest BCUT2D eigenvalue weighted by Gasteiger charge is 2.23. The van der Waals surface area contributed by atoms with Crippen LogP contribution in [0.25, 0.3) is 0 Å². The van der Waals surface area contributed by atoms with Crippen molar-refractivity contribution in [1.82, 2.24) is 9.71 Å². The van der Waals surface area contributed by atoms with Crippen molar-refractivity contribution >= 4 is 10.0 Å². The molecule has 0 atom stereocenters. The van der Waals surface area contributed by atoms with Gasteiger partial charge in [0.2, 0.25) is 10.0 Å². The number of rotatable bonds is 5. The van der Waals surface area contributed by atoms with Gasteiger partial charge in [-0.05, 0) is 35.2 Å². The average molecular weight is 334 g/mol. The molecule has 0 saturated carbocycles. The van der Waals surface area contributed by atoms with Crippen LogP contribution in [0.2, 0.25) is 0 Å². The van der Waals surface area contributed by atoms with Gasteiger partial charge in [-0.1, -0.05) is 26.8 Å². The first-order valence-corrected chi connectivity index (χ1v) is 8.79. The van der Waals surface area contributed by atoms with E-state index in [1.807, 2.05) is 26.8 Å². The molecule has 0 fully saturated rings. The van der Waals surface area contributed by atoms with E-state index in [4.69, 9.17) is 4.74 Å². The van der Waals surface area contributed by atoms with Gasteiger partial charge in [-0.15, -0.1) is 0 Å². The number of benzene rings is 1. The molecule has 0 aliphatic carbocycles. The van der Waals surface area contributed by atoms with Crippen molar-refractivity contribution in [2.24, 2.45) is 0 Å². The monoisotopic (exact) mass is 334 g/mol. The van der Waals surface area contributed by atoms with Crippen LogP contribution >= 0.6 is 0 Å². The predicted molar refractivity (Wildman–Crippen MR) is 90.0 cm³/mol. The molecule has 2 rings (SSSR count). The molecule has 0 spiro atoms. The smallest absolute Gasteiger partial charge is 0.240 e. The fourth-order valence-corrected chi connectivity index (χ4v) is 3.25. The number of nitrogens with zero attached hydrogens (tertiary/aromatic N) is 1. The first-order valence-electron chi connectivity index (χ1n) is 7.31. The van der Waals surface area contributed by atoms with E-state index in [-0.39, 0.29) is 16.9 Å². The quantitative estimate of drug-likeness (QED) is 0.913. The summed E-state index contributed by atoms with van der Waals surface area (Å²) in [4.78, 5) is 4.20. The molecule has 0 bridgehead atoms. The van der Waals surface area contributed by atoms with Gasteiger partial charge < -0.3 is 4.74 Å². The summed E-state index contributed by atoms with van der Waals surface area (Å²) < 4.78 is 33.0. The fourth-order valence-electron chi connectivity index (χ4n) is 2.20. The first-order chi connectivity index (χ1) is 10.7. The highest BCUT2D eigenvalue weighted by Crippen LogP contribution is 2.33. The molecule has 1 heterocycles. The number of aromatic nitrogens is 1. The van der Waals surface area contributed by atoms with Crippen molar-refractivity contribution in [3.8, 4) is 5.75 Å². The number of ether oxygens (including phenoxy) is 1. The van der Waals surface area contributed by atoms with Gasteiger partial charge in [0.1, 0.15) is 5.75 Å². The van der Waals surface area contributed by atoms with Gasteiger partial charge in [0.05, 0.1) is 12.0 Å². The highest BCUT2D eigenvalue weighted by molar-refractivity contribution is 7.89. The minimum absolute atomic E-state index is 0.201. The lowest BCUT2D eigenvalue weighted by molar-refractivity contribution is 0.397. The topological polar surface area (TPSA) is 68.3 Å². The summed E-state index contributed by atoms with van der Waals surface area (Å²) in [7, 11) is -2.02. The molecule has 0 aliphatic rings. The highest BCUT2D eigenvalue weighted by atomic mass is 32.2. The van der Waals surface area contributed by atoms with Gasteiger partial charge in [0.25, 0.3) is 0 Å². The SMILES string of the molecule is COc1ccc(S(=O)(=O)NCc2cccnc2)cc1C(C)(C)C. The maximum absolute atomic E-state index is 12.5. The fraction of sp³-hybridized carbons (Fsp3) is 0.353. The van der Waals surface area contributed by atoms with Crippen molar-refractivity contribution in [3.05, 3.63) is 53.9 Å². The summed E-state index contributed by atoms with van der Waals surface area (Å²) in [5.74, 6) is 0.684. The summed E-state index contributed by atoms with van der Waals surface area (Å²) in [6.45, 7) is 6.26. The summed E-state index contributed by atoms with van der Waals surface area (Å²) in [5, 5.41) is 0. The van der Waals surface area contributed by atoms with Crippen LogP contribution in [0.5, 0.6) is 5.75 Å². The van der Waals surface area contributed by atoms with Crippen molar-refractivity contribution in [1.29, 1.82) is 0 Å². The van der Waals surface area contributed by atoms with E-state index in [1.165, 1.54) is 0 Å². The number of nitrogens with one attached hydrogen (secondary N) is 1. The maximum Gasteiger partial charge on any atom is 0.240 e. The van der Waals surface area contributed by atoms with E-state index in [0.717, 1.165) is 11.1 Å². The summed E-state index contributed by atoms with van der Waals surface area (Å²) >= 11 is 0. The third kappa shape index (κ3) is 4.30. The number of hydrogen-bond acceptors (Lipinski definition) is 4. The predicted octanol–water partition coefficient (Wildman–Crippen LogP) is 2.87. The van der Waals surface area contributed by atoms with E-state index in [1.54, 1.807) is 43.8 Å². The summed E-state index contributed by atoms with van der Waals surface area (Å²) in [6, 6.07) is 8.52. The van der Waals surface area contributed by atoms with E-state index >= 15 is 0 Å². The van der Waals surface area contributed by atoms with Crippen molar-refractivity contribution in [3.63, 3.8) is 0 Å². The van der Waals surface area contributed by atoms with Crippen LogP contribution in [0.1, 0.15) is 31.9 Å². The van der Waals surface area contributed by atoms with Gasteiger partial charge in [-0.25, -0.2) is 13.1 Å². The number of pyridine rings is 1.